The van der Waals surface area contributed by atoms with E-state index in [9.17, 15) is 13.2 Å². The first-order valence-corrected chi connectivity index (χ1v) is 8.58. The minimum absolute atomic E-state index is 0. The van der Waals surface area contributed by atoms with Gasteiger partial charge in [-0.1, -0.05) is 19.9 Å². The average Bonchev–Trinajstić information content (AvgIpc) is 2.47. The molecule has 8 heteroatoms. The van der Waals surface area contributed by atoms with Crippen LogP contribution < -0.4 is 15.4 Å². The van der Waals surface area contributed by atoms with Crippen molar-refractivity contribution in [3.63, 3.8) is 0 Å². The molecular formula is C14H24ClN3O3S. The fourth-order valence-corrected chi connectivity index (χ4v) is 2.83. The Morgan fingerprint density at radius 3 is 2.50 bits per heavy atom. The second-order valence-corrected chi connectivity index (χ2v) is 6.30. The van der Waals surface area contributed by atoms with Gasteiger partial charge in [-0.3, -0.25) is 4.79 Å². The van der Waals surface area contributed by atoms with Gasteiger partial charge in [-0.2, -0.15) is 0 Å². The third-order valence-electron chi connectivity index (χ3n) is 2.75. The van der Waals surface area contributed by atoms with Gasteiger partial charge in [-0.05, 0) is 31.2 Å². The van der Waals surface area contributed by atoms with E-state index in [1.165, 1.54) is 12.1 Å². The highest BCUT2D eigenvalue weighted by Crippen LogP contribution is 2.11. The number of hydrogen-bond acceptors (Lipinski definition) is 4. The average molecular weight is 350 g/mol. The summed E-state index contributed by atoms with van der Waals surface area (Å²) in [7, 11) is -3.54. The number of carbonyl (C=O) groups is 1. The van der Waals surface area contributed by atoms with Crippen LogP contribution in [-0.4, -0.2) is 40.5 Å². The maximum atomic E-state index is 12.0. The molecule has 0 aliphatic carbocycles. The fourth-order valence-electron chi connectivity index (χ4n) is 1.75. The van der Waals surface area contributed by atoms with Crippen molar-refractivity contribution < 1.29 is 13.2 Å². The van der Waals surface area contributed by atoms with E-state index in [1.807, 2.05) is 0 Å². The second kappa shape index (κ2) is 10.6. The number of nitrogens with one attached hydrogen (secondary N) is 3. The summed E-state index contributed by atoms with van der Waals surface area (Å²) in [5, 5.41) is 5.93. The minimum Gasteiger partial charge on any atom is -0.351 e. The Balaban J connectivity index is 0.00000441. The lowest BCUT2D eigenvalue weighted by Gasteiger charge is -2.08. The number of amides is 1. The predicted octanol–water partition coefficient (Wildman–Crippen LogP) is 1.14. The van der Waals surface area contributed by atoms with Crippen molar-refractivity contribution >= 4 is 28.3 Å². The highest BCUT2D eigenvalue weighted by atomic mass is 35.5. The first-order valence-electron chi connectivity index (χ1n) is 7.10. The number of benzene rings is 1. The molecule has 0 saturated heterocycles. The standard InChI is InChI=1S/C14H23N3O3S.ClH/c1-3-8-15-9-10-16-14(18)12-6-5-7-13(11-12)21(19,20)17-4-2;/h5-7,11,15,17H,3-4,8-10H2,1-2H3,(H,16,18);1H. The van der Waals surface area contributed by atoms with Crippen LogP contribution in [0.1, 0.15) is 30.6 Å². The fraction of sp³-hybridized carbons (Fsp3) is 0.500. The molecule has 22 heavy (non-hydrogen) atoms. The van der Waals surface area contributed by atoms with Gasteiger partial charge >= 0.3 is 0 Å². The van der Waals surface area contributed by atoms with E-state index < -0.39 is 10.0 Å². The number of halogens is 1. The Labute approximate surface area is 138 Å². The summed E-state index contributed by atoms with van der Waals surface area (Å²) >= 11 is 0. The molecule has 0 aliphatic heterocycles. The summed E-state index contributed by atoms with van der Waals surface area (Å²) in [4.78, 5) is 12.1. The molecule has 1 aromatic carbocycles. The van der Waals surface area contributed by atoms with Crippen molar-refractivity contribution in [1.29, 1.82) is 0 Å². The number of carbonyl (C=O) groups excluding carboxylic acids is 1. The van der Waals surface area contributed by atoms with Crippen molar-refractivity contribution in [3.05, 3.63) is 29.8 Å². The topological polar surface area (TPSA) is 87.3 Å². The Hall–Kier alpha value is -1.15. The molecule has 1 rings (SSSR count). The van der Waals surface area contributed by atoms with Crippen molar-refractivity contribution in [3.8, 4) is 0 Å². The lowest BCUT2D eigenvalue weighted by atomic mass is 10.2. The van der Waals surface area contributed by atoms with Crippen LogP contribution in [0.5, 0.6) is 0 Å². The SMILES string of the molecule is CCCNCCNC(=O)c1cccc(S(=O)(=O)NCC)c1.Cl. The molecule has 0 spiro atoms. The predicted molar refractivity (Wildman–Crippen MR) is 90.0 cm³/mol. The largest absolute Gasteiger partial charge is 0.351 e. The normalized spacial score (nSPS) is 10.8. The van der Waals surface area contributed by atoms with Crippen LogP contribution in [-0.2, 0) is 10.0 Å². The van der Waals surface area contributed by atoms with Gasteiger partial charge in [0.1, 0.15) is 0 Å². The van der Waals surface area contributed by atoms with Gasteiger partial charge in [-0.25, -0.2) is 13.1 Å². The summed E-state index contributed by atoms with van der Waals surface area (Å²) in [5.41, 5.74) is 0.337. The van der Waals surface area contributed by atoms with Crippen LogP contribution in [0.25, 0.3) is 0 Å². The molecule has 0 atom stereocenters. The van der Waals surface area contributed by atoms with Gasteiger partial charge in [-0.15, -0.1) is 12.4 Å². The molecule has 0 aliphatic rings. The molecule has 0 bridgehead atoms. The van der Waals surface area contributed by atoms with E-state index in [0.29, 0.717) is 25.2 Å². The highest BCUT2D eigenvalue weighted by Gasteiger charge is 2.14. The molecule has 0 aromatic heterocycles. The smallest absolute Gasteiger partial charge is 0.251 e. The van der Waals surface area contributed by atoms with Gasteiger partial charge in [0.2, 0.25) is 10.0 Å². The molecule has 3 N–H and O–H groups in total. The van der Waals surface area contributed by atoms with E-state index in [1.54, 1.807) is 19.1 Å². The van der Waals surface area contributed by atoms with E-state index in [0.717, 1.165) is 13.0 Å². The van der Waals surface area contributed by atoms with Gasteiger partial charge in [0.25, 0.3) is 5.91 Å². The third kappa shape index (κ3) is 6.74. The molecule has 0 saturated carbocycles. The van der Waals surface area contributed by atoms with Crippen LogP contribution in [0, 0.1) is 0 Å². The van der Waals surface area contributed by atoms with E-state index in [-0.39, 0.29) is 23.2 Å². The van der Waals surface area contributed by atoms with Crippen LogP contribution >= 0.6 is 12.4 Å². The summed E-state index contributed by atoms with van der Waals surface area (Å²) in [6, 6.07) is 6.01. The number of rotatable bonds is 9. The van der Waals surface area contributed by atoms with Crippen LogP contribution in [0.15, 0.2) is 29.2 Å². The van der Waals surface area contributed by atoms with E-state index >= 15 is 0 Å². The first-order chi connectivity index (χ1) is 10.0. The molecule has 6 nitrogen and oxygen atoms in total. The zero-order valence-electron chi connectivity index (χ0n) is 12.9. The molecule has 126 valence electrons. The second-order valence-electron chi connectivity index (χ2n) is 4.54. The van der Waals surface area contributed by atoms with Gasteiger partial charge in [0.15, 0.2) is 0 Å². The molecule has 0 radical (unpaired) electrons. The summed E-state index contributed by atoms with van der Waals surface area (Å²) in [6.45, 7) is 6.19. The first kappa shape index (κ1) is 20.9. The lowest BCUT2D eigenvalue weighted by Crippen LogP contribution is -2.32. The van der Waals surface area contributed by atoms with Crippen molar-refractivity contribution in [1.82, 2.24) is 15.4 Å². The van der Waals surface area contributed by atoms with Gasteiger partial charge in [0, 0.05) is 25.2 Å². The summed E-state index contributed by atoms with van der Waals surface area (Å²) < 4.78 is 26.2. The van der Waals surface area contributed by atoms with E-state index in [4.69, 9.17) is 0 Å². The lowest BCUT2D eigenvalue weighted by molar-refractivity contribution is 0.0953. The highest BCUT2D eigenvalue weighted by molar-refractivity contribution is 7.89. The maximum absolute atomic E-state index is 12.0. The zero-order chi connectivity index (χ0) is 15.7. The third-order valence-corrected chi connectivity index (χ3v) is 4.30. The molecule has 1 aromatic rings. The maximum Gasteiger partial charge on any atom is 0.251 e. The molecule has 0 fully saturated rings. The zero-order valence-corrected chi connectivity index (χ0v) is 14.5. The number of hydrogen-bond donors (Lipinski definition) is 3. The van der Waals surface area contributed by atoms with Crippen molar-refractivity contribution in [2.24, 2.45) is 0 Å². The Kier molecular flexibility index (Phi) is 10.0. The van der Waals surface area contributed by atoms with E-state index in [2.05, 4.69) is 22.3 Å². The van der Waals surface area contributed by atoms with Gasteiger partial charge in [0.05, 0.1) is 4.90 Å². The van der Waals surface area contributed by atoms with Crippen molar-refractivity contribution in [2.45, 2.75) is 25.2 Å². The molecule has 0 unspecified atom stereocenters. The quantitative estimate of drug-likeness (QED) is 0.583. The molecule has 1 amide bonds. The monoisotopic (exact) mass is 349 g/mol. The Bertz CT molecular complexity index is 564. The van der Waals surface area contributed by atoms with Crippen molar-refractivity contribution in [2.75, 3.05) is 26.2 Å². The molecular weight excluding hydrogens is 326 g/mol. The van der Waals surface area contributed by atoms with Gasteiger partial charge < -0.3 is 10.6 Å². The van der Waals surface area contributed by atoms with Crippen LogP contribution in [0.2, 0.25) is 0 Å². The van der Waals surface area contributed by atoms with Crippen LogP contribution in [0.3, 0.4) is 0 Å². The minimum atomic E-state index is -3.54. The molecule has 0 heterocycles. The summed E-state index contributed by atoms with van der Waals surface area (Å²) in [6.07, 6.45) is 1.04. The Morgan fingerprint density at radius 2 is 1.86 bits per heavy atom. The Morgan fingerprint density at radius 1 is 1.14 bits per heavy atom. The summed E-state index contributed by atoms with van der Waals surface area (Å²) in [5.74, 6) is -0.276. The van der Waals surface area contributed by atoms with Crippen LogP contribution in [0.4, 0.5) is 0 Å². The number of sulfonamides is 1.